The minimum absolute atomic E-state index is 0.0921. The van der Waals surface area contributed by atoms with Crippen molar-refractivity contribution in [1.29, 1.82) is 0 Å². The highest BCUT2D eigenvalue weighted by Gasteiger charge is 2.09. The van der Waals surface area contributed by atoms with Crippen LogP contribution in [0.25, 0.3) is 0 Å². The third-order valence-electron chi connectivity index (χ3n) is 2.38. The molecule has 0 saturated heterocycles. The monoisotopic (exact) mass is 269 g/mol. The van der Waals surface area contributed by atoms with Crippen LogP contribution in [0.4, 0.5) is 5.69 Å². The van der Waals surface area contributed by atoms with Crippen molar-refractivity contribution in [3.63, 3.8) is 0 Å². The fourth-order valence-electron chi connectivity index (χ4n) is 1.49. The first kappa shape index (κ1) is 13.5. The first-order valence-corrected chi connectivity index (χ1v) is 5.75. The summed E-state index contributed by atoms with van der Waals surface area (Å²) in [4.78, 5) is 29.0. The van der Waals surface area contributed by atoms with Gasteiger partial charge in [0.1, 0.15) is 12.3 Å². The third kappa shape index (κ3) is 3.31. The predicted molar refractivity (Wildman–Crippen MR) is 73.2 cm³/mol. The molecule has 0 aliphatic carbocycles. The van der Waals surface area contributed by atoms with Crippen molar-refractivity contribution in [2.75, 3.05) is 11.9 Å². The number of anilines is 1. The van der Waals surface area contributed by atoms with E-state index in [1.54, 1.807) is 24.3 Å². The van der Waals surface area contributed by atoms with Crippen molar-refractivity contribution < 1.29 is 9.90 Å². The molecule has 0 fully saturated rings. The molecule has 6 heteroatoms. The SMILES string of the molecule is O=C(Nc1ccccc1C#CCO)c1c[nH]c(=O)cn1. The molecule has 0 radical (unpaired) electrons. The van der Waals surface area contributed by atoms with Crippen LogP contribution in [0.2, 0.25) is 0 Å². The van der Waals surface area contributed by atoms with E-state index in [0.29, 0.717) is 11.3 Å². The lowest BCUT2D eigenvalue weighted by atomic mass is 10.2. The van der Waals surface area contributed by atoms with Crippen molar-refractivity contribution in [2.24, 2.45) is 0 Å². The number of carbonyl (C=O) groups is 1. The van der Waals surface area contributed by atoms with E-state index in [0.717, 1.165) is 6.20 Å². The van der Waals surface area contributed by atoms with Gasteiger partial charge in [0, 0.05) is 11.8 Å². The van der Waals surface area contributed by atoms with Gasteiger partial charge < -0.3 is 15.4 Å². The average molecular weight is 269 g/mol. The third-order valence-corrected chi connectivity index (χ3v) is 2.38. The Balaban J connectivity index is 2.23. The fraction of sp³-hybridized carbons (Fsp3) is 0.0714. The molecule has 0 aliphatic rings. The van der Waals surface area contributed by atoms with E-state index in [4.69, 9.17) is 5.11 Å². The van der Waals surface area contributed by atoms with Gasteiger partial charge in [0.05, 0.1) is 11.9 Å². The van der Waals surface area contributed by atoms with Crippen molar-refractivity contribution in [3.8, 4) is 11.8 Å². The molecule has 0 saturated carbocycles. The minimum Gasteiger partial charge on any atom is -0.384 e. The molecule has 2 aromatic rings. The van der Waals surface area contributed by atoms with Crippen LogP contribution in [0, 0.1) is 11.8 Å². The van der Waals surface area contributed by atoms with E-state index >= 15 is 0 Å². The van der Waals surface area contributed by atoms with E-state index in [1.807, 2.05) is 0 Å². The summed E-state index contributed by atoms with van der Waals surface area (Å²) in [5.41, 5.74) is 0.802. The number of aliphatic hydroxyl groups is 1. The number of para-hydroxylation sites is 1. The highest BCUT2D eigenvalue weighted by atomic mass is 16.2. The van der Waals surface area contributed by atoms with E-state index in [1.165, 1.54) is 6.20 Å². The van der Waals surface area contributed by atoms with Crippen molar-refractivity contribution in [2.45, 2.75) is 0 Å². The van der Waals surface area contributed by atoms with Crippen LogP contribution in [0.5, 0.6) is 0 Å². The Bertz CT molecular complexity index is 721. The maximum atomic E-state index is 12.0. The average Bonchev–Trinajstić information content (AvgIpc) is 2.47. The Labute approximate surface area is 114 Å². The van der Waals surface area contributed by atoms with E-state index < -0.39 is 5.91 Å². The Morgan fingerprint density at radius 3 is 2.90 bits per heavy atom. The first-order chi connectivity index (χ1) is 9.70. The van der Waals surface area contributed by atoms with Crippen LogP contribution in [-0.2, 0) is 0 Å². The molecule has 0 bridgehead atoms. The second kappa shape index (κ2) is 6.31. The molecule has 0 aliphatic heterocycles. The largest absolute Gasteiger partial charge is 0.384 e. The lowest BCUT2D eigenvalue weighted by Crippen LogP contribution is -2.17. The Hall–Kier alpha value is -2.91. The summed E-state index contributed by atoms with van der Waals surface area (Å²) in [5.74, 6) is 4.79. The van der Waals surface area contributed by atoms with Gasteiger partial charge in [-0.15, -0.1) is 0 Å². The molecule has 1 aromatic carbocycles. The summed E-state index contributed by atoms with van der Waals surface area (Å²) < 4.78 is 0. The molecule has 20 heavy (non-hydrogen) atoms. The summed E-state index contributed by atoms with van der Waals surface area (Å²) >= 11 is 0. The number of benzene rings is 1. The zero-order chi connectivity index (χ0) is 14.4. The number of carbonyl (C=O) groups excluding carboxylic acids is 1. The number of rotatable bonds is 2. The molecular formula is C14H11N3O3. The summed E-state index contributed by atoms with van der Waals surface area (Å²) in [5, 5.41) is 11.3. The molecule has 0 atom stereocenters. The number of nitrogens with zero attached hydrogens (tertiary/aromatic N) is 1. The summed E-state index contributed by atoms with van der Waals surface area (Å²) in [7, 11) is 0. The lowest BCUT2D eigenvalue weighted by molar-refractivity contribution is 0.102. The molecule has 2 rings (SSSR count). The van der Waals surface area contributed by atoms with Gasteiger partial charge in [0.15, 0.2) is 0 Å². The summed E-state index contributed by atoms with van der Waals surface area (Å²) in [6.07, 6.45) is 2.27. The van der Waals surface area contributed by atoms with Crippen LogP contribution in [0.15, 0.2) is 41.5 Å². The molecule has 0 unspecified atom stereocenters. The standard InChI is InChI=1S/C14H11N3O3/c18-7-3-5-10-4-1-2-6-11(10)17-14(20)12-8-16-13(19)9-15-12/h1-2,4,6,8-9,18H,7H2,(H,16,19)(H,17,20). The van der Waals surface area contributed by atoms with Crippen molar-refractivity contribution >= 4 is 11.6 Å². The van der Waals surface area contributed by atoms with Gasteiger partial charge in [0.2, 0.25) is 0 Å². The zero-order valence-corrected chi connectivity index (χ0v) is 10.4. The number of nitrogens with one attached hydrogen (secondary N) is 2. The van der Waals surface area contributed by atoms with Gasteiger partial charge in [-0.25, -0.2) is 4.98 Å². The number of H-pyrrole nitrogens is 1. The summed E-state index contributed by atoms with van der Waals surface area (Å²) in [6, 6.07) is 6.93. The first-order valence-electron chi connectivity index (χ1n) is 5.75. The molecule has 100 valence electrons. The topological polar surface area (TPSA) is 95.1 Å². The number of amides is 1. The van der Waals surface area contributed by atoms with E-state index in [2.05, 4.69) is 27.1 Å². The van der Waals surface area contributed by atoms with Crippen LogP contribution < -0.4 is 10.9 Å². The molecule has 1 heterocycles. The maximum absolute atomic E-state index is 12.0. The number of hydrogen-bond donors (Lipinski definition) is 3. The predicted octanol–water partition coefficient (Wildman–Crippen LogP) is 0.366. The molecule has 0 spiro atoms. The van der Waals surface area contributed by atoms with Crippen molar-refractivity contribution in [1.82, 2.24) is 9.97 Å². The molecule has 1 aromatic heterocycles. The van der Waals surface area contributed by atoms with Crippen molar-refractivity contribution in [3.05, 3.63) is 58.3 Å². The molecule has 1 amide bonds. The highest BCUT2D eigenvalue weighted by molar-refractivity contribution is 6.03. The lowest BCUT2D eigenvalue weighted by Gasteiger charge is -2.06. The highest BCUT2D eigenvalue weighted by Crippen LogP contribution is 2.14. The molecular weight excluding hydrogens is 258 g/mol. The van der Waals surface area contributed by atoms with Gasteiger partial charge in [-0.05, 0) is 12.1 Å². The minimum atomic E-state index is -0.459. The van der Waals surface area contributed by atoms with Gasteiger partial charge in [-0.3, -0.25) is 9.59 Å². The second-order valence-corrected chi connectivity index (χ2v) is 3.76. The molecule has 6 nitrogen and oxygen atoms in total. The van der Waals surface area contributed by atoms with Gasteiger partial charge in [-0.2, -0.15) is 0 Å². The van der Waals surface area contributed by atoms with Crippen LogP contribution >= 0.6 is 0 Å². The normalized spacial score (nSPS) is 9.45. The molecule has 3 N–H and O–H groups in total. The van der Waals surface area contributed by atoms with Gasteiger partial charge in [-0.1, -0.05) is 24.0 Å². The van der Waals surface area contributed by atoms with Gasteiger partial charge >= 0.3 is 0 Å². The number of aromatic amines is 1. The van der Waals surface area contributed by atoms with Crippen LogP contribution in [-0.4, -0.2) is 27.6 Å². The Morgan fingerprint density at radius 2 is 2.20 bits per heavy atom. The van der Waals surface area contributed by atoms with E-state index in [9.17, 15) is 9.59 Å². The zero-order valence-electron chi connectivity index (χ0n) is 10.4. The quantitative estimate of drug-likeness (QED) is 0.686. The fourth-order valence-corrected chi connectivity index (χ4v) is 1.49. The van der Waals surface area contributed by atoms with Crippen LogP contribution in [0.3, 0.4) is 0 Å². The summed E-state index contributed by atoms with van der Waals surface area (Å²) in [6.45, 7) is -0.260. The smallest absolute Gasteiger partial charge is 0.275 e. The number of aromatic nitrogens is 2. The Kier molecular flexibility index (Phi) is 4.27. The van der Waals surface area contributed by atoms with Crippen LogP contribution in [0.1, 0.15) is 16.1 Å². The Morgan fingerprint density at radius 1 is 1.40 bits per heavy atom. The van der Waals surface area contributed by atoms with E-state index in [-0.39, 0.29) is 17.9 Å². The number of aliphatic hydroxyl groups excluding tert-OH is 1. The second-order valence-electron chi connectivity index (χ2n) is 3.76. The number of hydrogen-bond acceptors (Lipinski definition) is 4. The maximum Gasteiger partial charge on any atom is 0.275 e. The van der Waals surface area contributed by atoms with Gasteiger partial charge in [0.25, 0.3) is 11.5 Å².